The van der Waals surface area contributed by atoms with E-state index in [-0.39, 0.29) is 11.8 Å². The predicted octanol–water partition coefficient (Wildman–Crippen LogP) is 3.19. The SMILES string of the molecule is CCN(CC(C)C(N)=S)C(=O)c1ccc(C(C)C)cc1. The Balaban J connectivity index is 2.83. The fraction of sp³-hybridized carbons (Fsp3) is 0.500. The molecule has 0 radical (unpaired) electrons. The Morgan fingerprint density at radius 3 is 2.20 bits per heavy atom. The molecule has 0 aliphatic carbocycles. The van der Waals surface area contributed by atoms with E-state index < -0.39 is 0 Å². The minimum atomic E-state index is 0.0313. The van der Waals surface area contributed by atoms with E-state index in [0.29, 0.717) is 29.6 Å². The summed E-state index contributed by atoms with van der Waals surface area (Å²) in [5, 5.41) is 0. The summed E-state index contributed by atoms with van der Waals surface area (Å²) in [5.74, 6) is 0.533. The number of rotatable bonds is 6. The van der Waals surface area contributed by atoms with Crippen LogP contribution in [0.25, 0.3) is 0 Å². The first-order chi connectivity index (χ1) is 9.36. The second kappa shape index (κ2) is 7.39. The molecule has 0 fully saturated rings. The molecular formula is C16H24N2OS. The van der Waals surface area contributed by atoms with Gasteiger partial charge in [0.25, 0.3) is 5.91 Å². The van der Waals surface area contributed by atoms with Crippen molar-refractivity contribution in [2.75, 3.05) is 13.1 Å². The molecule has 0 bridgehead atoms. The van der Waals surface area contributed by atoms with Crippen LogP contribution in [0.2, 0.25) is 0 Å². The molecule has 2 N–H and O–H groups in total. The van der Waals surface area contributed by atoms with Gasteiger partial charge in [-0.2, -0.15) is 0 Å². The standard InChI is InChI=1S/C16H24N2OS/c1-5-18(10-12(4)15(17)20)16(19)14-8-6-13(7-9-14)11(2)3/h6-9,11-12H,5,10H2,1-4H3,(H2,17,20). The van der Waals surface area contributed by atoms with Crippen molar-refractivity contribution < 1.29 is 4.79 Å². The van der Waals surface area contributed by atoms with E-state index >= 15 is 0 Å². The normalized spacial score (nSPS) is 12.2. The Kier molecular flexibility index (Phi) is 6.14. The zero-order valence-corrected chi connectivity index (χ0v) is 13.5. The predicted molar refractivity (Wildman–Crippen MR) is 88.1 cm³/mol. The number of nitrogens with two attached hydrogens (primary N) is 1. The summed E-state index contributed by atoms with van der Waals surface area (Å²) < 4.78 is 0. The van der Waals surface area contributed by atoms with Crippen LogP contribution in [-0.4, -0.2) is 28.9 Å². The maximum Gasteiger partial charge on any atom is 0.253 e. The van der Waals surface area contributed by atoms with Crippen molar-refractivity contribution in [3.8, 4) is 0 Å². The molecule has 1 aromatic rings. The first-order valence-corrected chi connectivity index (χ1v) is 7.46. The van der Waals surface area contributed by atoms with Crippen molar-refractivity contribution in [1.29, 1.82) is 0 Å². The highest BCUT2D eigenvalue weighted by Gasteiger charge is 2.18. The molecule has 20 heavy (non-hydrogen) atoms. The van der Waals surface area contributed by atoms with Gasteiger partial charge in [0.15, 0.2) is 0 Å². The van der Waals surface area contributed by atoms with Crippen molar-refractivity contribution in [2.45, 2.75) is 33.6 Å². The van der Waals surface area contributed by atoms with E-state index in [2.05, 4.69) is 13.8 Å². The summed E-state index contributed by atoms with van der Waals surface area (Å²) in [6.45, 7) is 9.40. The van der Waals surface area contributed by atoms with E-state index in [0.717, 1.165) is 0 Å². The molecule has 110 valence electrons. The maximum absolute atomic E-state index is 12.5. The Morgan fingerprint density at radius 1 is 1.25 bits per heavy atom. The molecule has 0 saturated heterocycles. The third kappa shape index (κ3) is 4.30. The van der Waals surface area contributed by atoms with Gasteiger partial charge in [-0.3, -0.25) is 4.79 Å². The number of thiocarbonyl (C=S) groups is 1. The van der Waals surface area contributed by atoms with Gasteiger partial charge >= 0.3 is 0 Å². The molecule has 4 heteroatoms. The summed E-state index contributed by atoms with van der Waals surface area (Å²) in [7, 11) is 0. The summed E-state index contributed by atoms with van der Waals surface area (Å²) in [5.41, 5.74) is 7.58. The van der Waals surface area contributed by atoms with Crippen LogP contribution in [0.4, 0.5) is 0 Å². The molecule has 1 rings (SSSR count). The van der Waals surface area contributed by atoms with Crippen molar-refractivity contribution in [3.05, 3.63) is 35.4 Å². The van der Waals surface area contributed by atoms with Crippen LogP contribution in [0.5, 0.6) is 0 Å². The van der Waals surface area contributed by atoms with E-state index in [1.54, 1.807) is 4.90 Å². The average molecular weight is 292 g/mol. The number of nitrogens with zero attached hydrogens (tertiary/aromatic N) is 1. The monoisotopic (exact) mass is 292 g/mol. The highest BCUT2D eigenvalue weighted by molar-refractivity contribution is 7.80. The highest BCUT2D eigenvalue weighted by atomic mass is 32.1. The maximum atomic E-state index is 12.5. The molecule has 3 nitrogen and oxygen atoms in total. The molecule has 1 atom stereocenters. The number of carbonyl (C=O) groups excluding carboxylic acids is 1. The van der Waals surface area contributed by atoms with Gasteiger partial charge in [-0.15, -0.1) is 0 Å². The molecule has 1 unspecified atom stereocenters. The number of amides is 1. The van der Waals surface area contributed by atoms with Gasteiger partial charge in [0.05, 0.1) is 4.99 Å². The number of benzene rings is 1. The molecule has 0 saturated carbocycles. The molecular weight excluding hydrogens is 268 g/mol. The van der Waals surface area contributed by atoms with Crippen LogP contribution in [0.1, 0.15) is 49.5 Å². The van der Waals surface area contributed by atoms with Crippen molar-refractivity contribution >= 4 is 23.1 Å². The van der Waals surface area contributed by atoms with Gasteiger partial charge in [0, 0.05) is 24.6 Å². The molecule has 0 spiro atoms. The molecule has 0 heterocycles. The summed E-state index contributed by atoms with van der Waals surface area (Å²) in [6, 6.07) is 7.82. The Bertz CT molecular complexity index is 468. The lowest BCUT2D eigenvalue weighted by Crippen LogP contribution is -2.38. The largest absolute Gasteiger partial charge is 0.393 e. The molecule has 1 aromatic carbocycles. The lowest BCUT2D eigenvalue weighted by molar-refractivity contribution is 0.0755. The number of hydrogen-bond acceptors (Lipinski definition) is 2. The first-order valence-electron chi connectivity index (χ1n) is 7.05. The van der Waals surface area contributed by atoms with E-state index in [4.69, 9.17) is 18.0 Å². The van der Waals surface area contributed by atoms with E-state index in [1.807, 2.05) is 38.1 Å². The smallest absolute Gasteiger partial charge is 0.253 e. The topological polar surface area (TPSA) is 46.3 Å². The summed E-state index contributed by atoms with van der Waals surface area (Å²) in [6.07, 6.45) is 0. The van der Waals surface area contributed by atoms with Gasteiger partial charge < -0.3 is 10.6 Å². The summed E-state index contributed by atoms with van der Waals surface area (Å²) >= 11 is 4.97. The quantitative estimate of drug-likeness (QED) is 0.819. The van der Waals surface area contributed by atoms with Gasteiger partial charge in [0.1, 0.15) is 0 Å². The fourth-order valence-electron chi connectivity index (χ4n) is 1.97. The fourth-order valence-corrected chi connectivity index (χ4v) is 2.04. The summed E-state index contributed by atoms with van der Waals surface area (Å²) in [4.78, 5) is 14.7. The minimum absolute atomic E-state index is 0.0313. The third-order valence-corrected chi connectivity index (χ3v) is 3.88. The lowest BCUT2D eigenvalue weighted by Gasteiger charge is -2.24. The minimum Gasteiger partial charge on any atom is -0.393 e. The van der Waals surface area contributed by atoms with Crippen LogP contribution in [0.15, 0.2) is 24.3 Å². The van der Waals surface area contributed by atoms with Crippen LogP contribution in [-0.2, 0) is 0 Å². The second-order valence-electron chi connectivity index (χ2n) is 5.42. The van der Waals surface area contributed by atoms with E-state index in [1.165, 1.54) is 5.56 Å². The second-order valence-corrected chi connectivity index (χ2v) is 5.90. The Morgan fingerprint density at radius 2 is 1.80 bits per heavy atom. The molecule has 0 aromatic heterocycles. The Hall–Kier alpha value is -1.42. The van der Waals surface area contributed by atoms with Crippen LogP contribution >= 0.6 is 12.2 Å². The lowest BCUT2D eigenvalue weighted by atomic mass is 10.0. The zero-order valence-electron chi connectivity index (χ0n) is 12.7. The van der Waals surface area contributed by atoms with Crippen molar-refractivity contribution in [1.82, 2.24) is 4.90 Å². The van der Waals surface area contributed by atoms with E-state index in [9.17, 15) is 4.79 Å². The van der Waals surface area contributed by atoms with Crippen molar-refractivity contribution in [2.24, 2.45) is 11.7 Å². The van der Waals surface area contributed by atoms with Gasteiger partial charge in [-0.1, -0.05) is 45.1 Å². The third-order valence-electron chi connectivity index (χ3n) is 3.47. The van der Waals surface area contributed by atoms with Crippen molar-refractivity contribution in [3.63, 3.8) is 0 Å². The molecule has 0 aliphatic heterocycles. The van der Waals surface area contributed by atoms with Crippen LogP contribution < -0.4 is 5.73 Å². The van der Waals surface area contributed by atoms with Crippen LogP contribution in [0, 0.1) is 5.92 Å². The van der Waals surface area contributed by atoms with Crippen LogP contribution in [0.3, 0.4) is 0 Å². The average Bonchev–Trinajstić information content (AvgIpc) is 2.43. The van der Waals surface area contributed by atoms with Gasteiger partial charge in [-0.05, 0) is 30.5 Å². The molecule has 1 amide bonds. The first kappa shape index (κ1) is 16.6. The number of hydrogen-bond donors (Lipinski definition) is 1. The molecule has 0 aliphatic rings. The Labute approximate surface area is 127 Å². The zero-order chi connectivity index (χ0) is 15.3. The highest BCUT2D eigenvalue weighted by Crippen LogP contribution is 2.16. The number of carbonyl (C=O) groups is 1. The van der Waals surface area contributed by atoms with Gasteiger partial charge in [0.2, 0.25) is 0 Å². The van der Waals surface area contributed by atoms with Gasteiger partial charge in [-0.25, -0.2) is 0 Å².